The number of ketones is 1. The minimum atomic E-state index is -0.415. The molecule has 1 N–H and O–H groups in total. The number of anilines is 1. The average Bonchev–Trinajstić information content (AvgIpc) is 3.23. The normalized spacial score (nSPS) is 10.7. The lowest BCUT2D eigenvalue weighted by Crippen LogP contribution is -2.17. The van der Waals surface area contributed by atoms with E-state index in [1.54, 1.807) is 71.5 Å². The molecule has 0 saturated carbocycles. The second-order valence-electron chi connectivity index (χ2n) is 7.29. The Kier molecular flexibility index (Phi) is 6.40. The van der Waals surface area contributed by atoms with E-state index in [0.717, 1.165) is 11.1 Å². The Labute approximate surface area is 195 Å². The predicted octanol–water partition coefficient (Wildman–Crippen LogP) is 6.03. The van der Waals surface area contributed by atoms with Gasteiger partial charge >= 0.3 is 0 Å². The van der Waals surface area contributed by atoms with Crippen molar-refractivity contribution in [3.8, 4) is 0 Å². The lowest BCUT2D eigenvalue weighted by atomic mass is 9.97. The molecular weight excluding hydrogens is 445 g/mol. The zero-order chi connectivity index (χ0) is 22.7. The SMILES string of the molecule is Cc1ccc(C(=O)c2ccccc2C(=O)Nc2ccn(Cc3c(Cl)cccc3Cl)n2)cc1. The molecule has 0 aliphatic heterocycles. The molecule has 0 aliphatic rings. The van der Waals surface area contributed by atoms with E-state index in [-0.39, 0.29) is 11.3 Å². The Bertz CT molecular complexity index is 1280. The number of carbonyl (C=O) groups is 2. The highest BCUT2D eigenvalue weighted by atomic mass is 35.5. The molecule has 5 nitrogen and oxygen atoms in total. The quantitative estimate of drug-likeness (QED) is 0.355. The number of carbonyl (C=O) groups excluding carboxylic acids is 2. The first-order chi connectivity index (χ1) is 15.4. The van der Waals surface area contributed by atoms with Crippen LogP contribution in [0.5, 0.6) is 0 Å². The molecule has 1 aromatic heterocycles. The number of halogens is 2. The topological polar surface area (TPSA) is 64.0 Å². The number of nitrogens with zero attached hydrogens (tertiary/aromatic N) is 2. The monoisotopic (exact) mass is 463 g/mol. The molecule has 0 unspecified atom stereocenters. The molecule has 0 atom stereocenters. The first kappa shape index (κ1) is 21.8. The van der Waals surface area contributed by atoms with Gasteiger partial charge in [-0.1, -0.05) is 77.3 Å². The molecule has 4 aromatic rings. The first-order valence-corrected chi connectivity index (χ1v) is 10.7. The Balaban J connectivity index is 1.53. The van der Waals surface area contributed by atoms with E-state index in [4.69, 9.17) is 23.2 Å². The van der Waals surface area contributed by atoms with Crippen LogP contribution in [0.25, 0.3) is 0 Å². The smallest absolute Gasteiger partial charge is 0.257 e. The second kappa shape index (κ2) is 9.39. The van der Waals surface area contributed by atoms with Crippen LogP contribution in [-0.2, 0) is 6.54 Å². The van der Waals surface area contributed by atoms with Crippen LogP contribution >= 0.6 is 23.2 Å². The molecule has 0 spiro atoms. The number of benzene rings is 3. The second-order valence-corrected chi connectivity index (χ2v) is 8.11. The fraction of sp³-hybridized carbons (Fsp3) is 0.0800. The highest BCUT2D eigenvalue weighted by Crippen LogP contribution is 2.25. The molecule has 160 valence electrons. The lowest BCUT2D eigenvalue weighted by Gasteiger charge is -2.09. The van der Waals surface area contributed by atoms with E-state index in [1.165, 1.54) is 0 Å². The van der Waals surface area contributed by atoms with Gasteiger partial charge < -0.3 is 5.32 Å². The molecular formula is C25H19Cl2N3O2. The zero-order valence-corrected chi connectivity index (χ0v) is 18.7. The van der Waals surface area contributed by atoms with Gasteiger partial charge in [-0.15, -0.1) is 0 Å². The summed E-state index contributed by atoms with van der Waals surface area (Å²) < 4.78 is 1.63. The van der Waals surface area contributed by atoms with Crippen molar-refractivity contribution in [2.24, 2.45) is 0 Å². The van der Waals surface area contributed by atoms with Crippen LogP contribution in [0.2, 0.25) is 10.0 Å². The van der Waals surface area contributed by atoms with E-state index in [0.29, 0.717) is 33.5 Å². The van der Waals surface area contributed by atoms with Gasteiger partial charge in [0.05, 0.1) is 12.1 Å². The maximum Gasteiger partial charge on any atom is 0.257 e. The van der Waals surface area contributed by atoms with Gasteiger partial charge in [0.2, 0.25) is 0 Å². The summed E-state index contributed by atoms with van der Waals surface area (Å²) in [6.45, 7) is 2.31. The lowest BCUT2D eigenvalue weighted by molar-refractivity contribution is 0.0996. The summed E-state index contributed by atoms with van der Waals surface area (Å²) in [6, 6.07) is 21.0. The van der Waals surface area contributed by atoms with Crippen molar-refractivity contribution in [1.29, 1.82) is 0 Å². The summed E-state index contributed by atoms with van der Waals surface area (Å²) in [5, 5.41) is 8.23. The summed E-state index contributed by atoms with van der Waals surface area (Å²) in [5.41, 5.74) is 2.93. The molecule has 0 radical (unpaired) electrons. The number of nitrogens with one attached hydrogen (secondary N) is 1. The van der Waals surface area contributed by atoms with Gasteiger partial charge in [0, 0.05) is 39.0 Å². The molecule has 32 heavy (non-hydrogen) atoms. The van der Waals surface area contributed by atoms with Crippen molar-refractivity contribution < 1.29 is 9.59 Å². The van der Waals surface area contributed by atoms with Gasteiger partial charge in [0.15, 0.2) is 11.6 Å². The number of hydrogen-bond donors (Lipinski definition) is 1. The Morgan fingerprint density at radius 1 is 0.875 bits per heavy atom. The van der Waals surface area contributed by atoms with Gasteiger partial charge in [0.25, 0.3) is 5.91 Å². The maximum absolute atomic E-state index is 13.0. The third-order valence-corrected chi connectivity index (χ3v) is 5.70. The van der Waals surface area contributed by atoms with E-state index in [2.05, 4.69) is 10.4 Å². The van der Waals surface area contributed by atoms with E-state index in [9.17, 15) is 9.59 Å². The average molecular weight is 464 g/mol. The highest BCUT2D eigenvalue weighted by Gasteiger charge is 2.19. The van der Waals surface area contributed by atoms with E-state index in [1.807, 2.05) is 19.1 Å². The third-order valence-electron chi connectivity index (χ3n) is 4.99. The number of aromatic nitrogens is 2. The molecule has 3 aromatic carbocycles. The summed E-state index contributed by atoms with van der Waals surface area (Å²) in [5.74, 6) is -0.271. The molecule has 0 bridgehead atoms. The van der Waals surface area contributed by atoms with Gasteiger partial charge in [-0.3, -0.25) is 14.3 Å². The van der Waals surface area contributed by atoms with Crippen molar-refractivity contribution in [2.75, 3.05) is 5.32 Å². The molecule has 0 saturated heterocycles. The van der Waals surface area contributed by atoms with Crippen molar-refractivity contribution in [3.05, 3.63) is 117 Å². The molecule has 1 amide bonds. The predicted molar refractivity (Wildman–Crippen MR) is 127 cm³/mol. The van der Waals surface area contributed by atoms with Gasteiger partial charge in [-0.05, 0) is 25.1 Å². The standard InChI is InChI=1S/C25H19Cl2N3O2/c1-16-9-11-17(12-10-16)24(31)18-5-2-3-6-19(18)25(32)28-23-13-14-30(29-23)15-20-21(26)7-4-8-22(20)27/h2-14H,15H2,1H3,(H,28,29,32). The van der Waals surface area contributed by atoms with Gasteiger partial charge in [-0.2, -0.15) is 5.10 Å². The number of aryl methyl sites for hydroxylation is 1. The Hall–Kier alpha value is -3.41. The van der Waals surface area contributed by atoms with Crippen molar-refractivity contribution in [1.82, 2.24) is 9.78 Å². The number of rotatable bonds is 6. The molecule has 0 fully saturated rings. The fourth-order valence-corrected chi connectivity index (χ4v) is 3.80. The molecule has 4 rings (SSSR count). The maximum atomic E-state index is 13.0. The van der Waals surface area contributed by atoms with Crippen LogP contribution in [0.1, 0.15) is 37.4 Å². The zero-order valence-electron chi connectivity index (χ0n) is 17.2. The molecule has 1 heterocycles. The van der Waals surface area contributed by atoms with E-state index < -0.39 is 5.91 Å². The highest BCUT2D eigenvalue weighted by molar-refractivity contribution is 6.36. The van der Waals surface area contributed by atoms with E-state index >= 15 is 0 Å². The summed E-state index contributed by atoms with van der Waals surface area (Å²) in [7, 11) is 0. The summed E-state index contributed by atoms with van der Waals surface area (Å²) >= 11 is 12.5. The minimum Gasteiger partial charge on any atom is -0.305 e. The van der Waals surface area contributed by atoms with Crippen LogP contribution in [0.15, 0.2) is 79.0 Å². The largest absolute Gasteiger partial charge is 0.305 e. The molecule has 7 heteroatoms. The molecule has 0 aliphatic carbocycles. The van der Waals surface area contributed by atoms with Crippen molar-refractivity contribution in [2.45, 2.75) is 13.5 Å². The summed E-state index contributed by atoms with van der Waals surface area (Å²) in [6.07, 6.45) is 1.72. The van der Waals surface area contributed by atoms with Crippen molar-refractivity contribution >= 4 is 40.7 Å². The van der Waals surface area contributed by atoms with Crippen LogP contribution in [0, 0.1) is 6.92 Å². The third kappa shape index (κ3) is 4.74. The van der Waals surface area contributed by atoms with Crippen LogP contribution in [0.4, 0.5) is 5.82 Å². The minimum absolute atomic E-state index is 0.213. The number of hydrogen-bond acceptors (Lipinski definition) is 3. The summed E-state index contributed by atoms with van der Waals surface area (Å²) in [4.78, 5) is 25.9. The Morgan fingerprint density at radius 3 is 2.22 bits per heavy atom. The van der Waals surface area contributed by atoms with Crippen LogP contribution in [-0.4, -0.2) is 21.5 Å². The Morgan fingerprint density at radius 2 is 1.53 bits per heavy atom. The number of amides is 1. The first-order valence-electron chi connectivity index (χ1n) is 9.90. The van der Waals surface area contributed by atoms with Gasteiger partial charge in [-0.25, -0.2) is 0 Å². The van der Waals surface area contributed by atoms with Crippen molar-refractivity contribution in [3.63, 3.8) is 0 Å². The van der Waals surface area contributed by atoms with Gasteiger partial charge in [0.1, 0.15) is 0 Å². The van der Waals surface area contributed by atoms with Crippen LogP contribution < -0.4 is 5.32 Å². The fourth-order valence-electron chi connectivity index (χ4n) is 3.29. The van der Waals surface area contributed by atoms with Crippen LogP contribution in [0.3, 0.4) is 0 Å².